The lowest BCUT2D eigenvalue weighted by Crippen LogP contribution is -2.33. The summed E-state index contributed by atoms with van der Waals surface area (Å²) < 4.78 is 5.28. The Bertz CT molecular complexity index is 394. The summed E-state index contributed by atoms with van der Waals surface area (Å²) in [4.78, 5) is 2.61. The highest BCUT2D eigenvalue weighted by molar-refractivity contribution is 5.28. The van der Waals surface area contributed by atoms with Crippen LogP contribution >= 0.6 is 0 Å². The third-order valence-electron chi connectivity index (χ3n) is 4.08. The molecule has 2 saturated heterocycles. The molecular weight excluding hydrogens is 212 g/mol. The first kappa shape index (κ1) is 11.1. The van der Waals surface area contributed by atoms with Crippen LogP contribution in [0.4, 0.5) is 0 Å². The summed E-state index contributed by atoms with van der Waals surface area (Å²) in [5.74, 6) is 1.84. The first-order chi connectivity index (χ1) is 8.36. The van der Waals surface area contributed by atoms with Gasteiger partial charge in [-0.3, -0.25) is 4.90 Å². The van der Waals surface area contributed by atoms with Crippen LogP contribution in [0.1, 0.15) is 12.0 Å². The molecule has 0 radical (unpaired) electrons. The number of hydrogen-bond donors (Lipinski definition) is 1. The van der Waals surface area contributed by atoms with E-state index < -0.39 is 0 Å². The first-order valence-electron chi connectivity index (χ1n) is 6.44. The number of likely N-dealkylation sites (tertiary alicyclic amines) is 1. The van der Waals surface area contributed by atoms with Gasteiger partial charge in [-0.25, -0.2) is 0 Å². The SMILES string of the molecule is COc1cccc(CN2CC[C@H]3CNC[C@H]32)c1. The van der Waals surface area contributed by atoms with Gasteiger partial charge in [0.15, 0.2) is 0 Å². The van der Waals surface area contributed by atoms with Gasteiger partial charge in [0.25, 0.3) is 0 Å². The minimum Gasteiger partial charge on any atom is -0.497 e. The van der Waals surface area contributed by atoms with Crippen molar-refractivity contribution in [2.24, 2.45) is 5.92 Å². The third-order valence-corrected chi connectivity index (χ3v) is 4.08. The highest BCUT2D eigenvalue weighted by Crippen LogP contribution is 2.28. The predicted octanol–water partition coefficient (Wildman–Crippen LogP) is 1.49. The van der Waals surface area contributed by atoms with E-state index in [2.05, 4.69) is 28.4 Å². The molecule has 0 unspecified atom stereocenters. The van der Waals surface area contributed by atoms with Gasteiger partial charge in [0, 0.05) is 19.1 Å². The normalized spacial score (nSPS) is 28.3. The van der Waals surface area contributed by atoms with Gasteiger partial charge < -0.3 is 10.1 Å². The van der Waals surface area contributed by atoms with Crippen LogP contribution in [0.2, 0.25) is 0 Å². The Hall–Kier alpha value is -1.06. The van der Waals surface area contributed by atoms with Crippen LogP contribution in [-0.4, -0.2) is 37.7 Å². The number of benzene rings is 1. The van der Waals surface area contributed by atoms with Crippen LogP contribution in [0, 0.1) is 5.92 Å². The van der Waals surface area contributed by atoms with Gasteiger partial charge in [-0.2, -0.15) is 0 Å². The molecule has 2 atom stereocenters. The Morgan fingerprint density at radius 1 is 1.41 bits per heavy atom. The summed E-state index contributed by atoms with van der Waals surface area (Å²) >= 11 is 0. The molecule has 3 heteroatoms. The monoisotopic (exact) mass is 232 g/mol. The molecule has 1 N–H and O–H groups in total. The predicted molar refractivity (Wildman–Crippen MR) is 68.2 cm³/mol. The molecule has 2 fully saturated rings. The Balaban J connectivity index is 1.70. The maximum atomic E-state index is 5.28. The molecule has 2 aliphatic heterocycles. The maximum absolute atomic E-state index is 5.28. The Labute approximate surface area is 103 Å². The zero-order valence-electron chi connectivity index (χ0n) is 10.4. The van der Waals surface area contributed by atoms with Crippen LogP contribution in [0.3, 0.4) is 0 Å². The minimum atomic E-state index is 0.751. The van der Waals surface area contributed by atoms with Crippen LogP contribution in [0.5, 0.6) is 5.75 Å². The van der Waals surface area contributed by atoms with Crippen LogP contribution < -0.4 is 10.1 Å². The standard InChI is InChI=1S/C14H20N2O/c1-17-13-4-2-3-11(7-13)10-16-6-5-12-8-15-9-14(12)16/h2-4,7,12,14-15H,5-6,8-10H2,1H3/t12-,14+/m0/s1. The molecule has 0 aliphatic carbocycles. The zero-order valence-corrected chi connectivity index (χ0v) is 10.4. The smallest absolute Gasteiger partial charge is 0.119 e. The lowest BCUT2D eigenvalue weighted by molar-refractivity contribution is 0.243. The molecule has 3 nitrogen and oxygen atoms in total. The van der Waals surface area contributed by atoms with E-state index in [0.29, 0.717) is 0 Å². The van der Waals surface area contributed by atoms with E-state index in [1.807, 2.05) is 6.07 Å². The number of hydrogen-bond acceptors (Lipinski definition) is 3. The lowest BCUT2D eigenvalue weighted by atomic mass is 10.0. The fourth-order valence-electron chi connectivity index (χ4n) is 3.14. The Kier molecular flexibility index (Phi) is 3.04. The second-order valence-electron chi connectivity index (χ2n) is 5.10. The van der Waals surface area contributed by atoms with Crippen molar-refractivity contribution in [3.8, 4) is 5.75 Å². The van der Waals surface area contributed by atoms with E-state index >= 15 is 0 Å². The minimum absolute atomic E-state index is 0.751. The quantitative estimate of drug-likeness (QED) is 0.854. The average Bonchev–Trinajstić information content (AvgIpc) is 2.94. The summed E-state index contributed by atoms with van der Waals surface area (Å²) in [5, 5.41) is 3.50. The molecule has 0 aromatic heterocycles. The fourth-order valence-corrected chi connectivity index (χ4v) is 3.14. The topological polar surface area (TPSA) is 24.5 Å². The van der Waals surface area contributed by atoms with Crippen molar-refractivity contribution in [2.75, 3.05) is 26.7 Å². The van der Waals surface area contributed by atoms with E-state index in [-0.39, 0.29) is 0 Å². The van der Waals surface area contributed by atoms with Gasteiger partial charge in [0.2, 0.25) is 0 Å². The highest BCUT2D eigenvalue weighted by atomic mass is 16.5. The summed E-state index contributed by atoms with van der Waals surface area (Å²) in [6.45, 7) is 4.67. The Morgan fingerprint density at radius 2 is 2.35 bits per heavy atom. The van der Waals surface area contributed by atoms with Crippen molar-refractivity contribution in [3.05, 3.63) is 29.8 Å². The molecule has 0 spiro atoms. The van der Waals surface area contributed by atoms with Gasteiger partial charge in [-0.15, -0.1) is 0 Å². The van der Waals surface area contributed by atoms with E-state index in [9.17, 15) is 0 Å². The van der Waals surface area contributed by atoms with Crippen molar-refractivity contribution < 1.29 is 4.74 Å². The summed E-state index contributed by atoms with van der Waals surface area (Å²) in [6, 6.07) is 9.18. The molecule has 2 heterocycles. The molecule has 0 bridgehead atoms. The summed E-state index contributed by atoms with van der Waals surface area (Å²) in [7, 11) is 1.73. The molecule has 2 aliphatic rings. The van der Waals surface area contributed by atoms with Crippen LogP contribution in [0.15, 0.2) is 24.3 Å². The number of rotatable bonds is 3. The van der Waals surface area contributed by atoms with E-state index in [0.717, 1.165) is 30.8 Å². The maximum Gasteiger partial charge on any atom is 0.119 e. The number of methoxy groups -OCH3 is 1. The molecule has 92 valence electrons. The Morgan fingerprint density at radius 3 is 3.24 bits per heavy atom. The average molecular weight is 232 g/mol. The van der Waals surface area contributed by atoms with Crippen molar-refractivity contribution in [1.82, 2.24) is 10.2 Å². The van der Waals surface area contributed by atoms with Crippen molar-refractivity contribution in [1.29, 1.82) is 0 Å². The number of nitrogens with one attached hydrogen (secondary N) is 1. The van der Waals surface area contributed by atoms with E-state index in [1.165, 1.54) is 25.1 Å². The number of fused-ring (bicyclic) bond motifs is 1. The van der Waals surface area contributed by atoms with Gasteiger partial charge in [0.1, 0.15) is 5.75 Å². The summed E-state index contributed by atoms with van der Waals surface area (Å²) in [6.07, 6.45) is 1.35. The fraction of sp³-hybridized carbons (Fsp3) is 0.571. The van der Waals surface area contributed by atoms with Gasteiger partial charge in [-0.05, 0) is 43.1 Å². The van der Waals surface area contributed by atoms with Crippen molar-refractivity contribution in [2.45, 2.75) is 19.0 Å². The number of nitrogens with zero attached hydrogens (tertiary/aromatic N) is 1. The van der Waals surface area contributed by atoms with E-state index in [4.69, 9.17) is 4.74 Å². The third kappa shape index (κ3) is 2.17. The second-order valence-corrected chi connectivity index (χ2v) is 5.10. The van der Waals surface area contributed by atoms with Gasteiger partial charge >= 0.3 is 0 Å². The molecule has 1 aromatic carbocycles. The van der Waals surface area contributed by atoms with Crippen LogP contribution in [0.25, 0.3) is 0 Å². The molecule has 0 saturated carbocycles. The van der Waals surface area contributed by atoms with Gasteiger partial charge in [-0.1, -0.05) is 12.1 Å². The zero-order chi connectivity index (χ0) is 11.7. The van der Waals surface area contributed by atoms with Crippen LogP contribution in [-0.2, 0) is 6.54 Å². The number of ether oxygens (including phenoxy) is 1. The largest absolute Gasteiger partial charge is 0.497 e. The van der Waals surface area contributed by atoms with E-state index in [1.54, 1.807) is 7.11 Å². The highest BCUT2D eigenvalue weighted by Gasteiger charge is 2.37. The molecule has 1 aromatic rings. The second kappa shape index (κ2) is 4.67. The van der Waals surface area contributed by atoms with Gasteiger partial charge in [0.05, 0.1) is 7.11 Å². The first-order valence-corrected chi connectivity index (χ1v) is 6.44. The van der Waals surface area contributed by atoms with Crippen molar-refractivity contribution in [3.63, 3.8) is 0 Å². The van der Waals surface area contributed by atoms with Crippen molar-refractivity contribution >= 4 is 0 Å². The molecular formula is C14H20N2O. The lowest BCUT2D eigenvalue weighted by Gasteiger charge is -2.23. The molecule has 17 heavy (non-hydrogen) atoms. The summed E-state index contributed by atoms with van der Waals surface area (Å²) in [5.41, 5.74) is 1.36. The molecule has 3 rings (SSSR count). The molecule has 0 amide bonds.